The monoisotopic (exact) mass is 284 g/mol. The molecule has 2 atom stereocenters. The third-order valence-corrected chi connectivity index (χ3v) is 6.90. The van der Waals surface area contributed by atoms with Gasteiger partial charge in [-0.1, -0.05) is 18.9 Å². The number of hydrogen-bond acceptors (Lipinski definition) is 4. The lowest BCUT2D eigenvalue weighted by Gasteiger charge is -2.18. The molecule has 0 aromatic rings. The highest BCUT2D eigenvalue weighted by Gasteiger charge is 2.61. The quantitative estimate of drug-likeness (QED) is 0.702. The zero-order valence-electron chi connectivity index (χ0n) is 10.9. The van der Waals surface area contributed by atoms with Crippen LogP contribution < -0.4 is 10.5 Å². The van der Waals surface area contributed by atoms with Crippen molar-refractivity contribution < 1.29 is 13.2 Å². The number of amides is 1. The minimum atomic E-state index is -3.59. The maximum atomic E-state index is 12.3. The van der Waals surface area contributed by atoms with E-state index in [0.717, 1.165) is 12.8 Å². The van der Waals surface area contributed by atoms with Crippen LogP contribution in [0.25, 0.3) is 0 Å². The van der Waals surface area contributed by atoms with Crippen molar-refractivity contribution in [1.29, 1.82) is 0 Å². The SMILES string of the molecule is C=CC1CC1(N)C(=O)NS(=O)(=O)C1(CC2CC2)CC1. The molecular weight excluding hydrogens is 264 g/mol. The van der Waals surface area contributed by atoms with Crippen LogP contribution in [0.3, 0.4) is 0 Å². The Bertz CT molecular complexity index is 534. The molecule has 0 heterocycles. The fourth-order valence-corrected chi connectivity index (χ4v) is 4.50. The molecule has 0 aromatic heterocycles. The molecule has 5 nitrogen and oxygen atoms in total. The van der Waals surface area contributed by atoms with Crippen LogP contribution in [-0.2, 0) is 14.8 Å². The summed E-state index contributed by atoms with van der Waals surface area (Å²) in [5.74, 6) is -0.149. The third-order valence-electron chi connectivity index (χ3n) is 4.73. The van der Waals surface area contributed by atoms with Crippen molar-refractivity contribution in [3.05, 3.63) is 12.7 Å². The van der Waals surface area contributed by atoms with Crippen LogP contribution in [0, 0.1) is 11.8 Å². The highest BCUT2D eigenvalue weighted by atomic mass is 32.2. The van der Waals surface area contributed by atoms with Crippen LogP contribution in [0.15, 0.2) is 12.7 Å². The molecule has 0 aliphatic heterocycles. The van der Waals surface area contributed by atoms with Crippen molar-refractivity contribution in [1.82, 2.24) is 4.72 Å². The number of carbonyl (C=O) groups is 1. The lowest BCUT2D eigenvalue weighted by Crippen LogP contribution is -2.50. The standard InChI is InChI=1S/C13H20N2O3S/c1-2-10-8-13(10,14)11(16)15-19(17,18)12(5-6-12)7-9-3-4-9/h2,9-10H,1,3-8,14H2,(H,15,16). The molecule has 6 heteroatoms. The summed E-state index contributed by atoms with van der Waals surface area (Å²) in [6.07, 6.45) is 6.34. The normalized spacial score (nSPS) is 35.5. The van der Waals surface area contributed by atoms with Crippen molar-refractivity contribution in [2.75, 3.05) is 0 Å². The Balaban J connectivity index is 1.68. The van der Waals surface area contributed by atoms with Gasteiger partial charge in [0.1, 0.15) is 5.54 Å². The van der Waals surface area contributed by atoms with Gasteiger partial charge in [0.2, 0.25) is 10.0 Å². The Morgan fingerprint density at radius 3 is 2.47 bits per heavy atom. The molecule has 106 valence electrons. The van der Waals surface area contributed by atoms with Gasteiger partial charge in [0.15, 0.2) is 0 Å². The van der Waals surface area contributed by atoms with E-state index in [-0.39, 0.29) is 5.92 Å². The number of sulfonamides is 1. The second kappa shape index (κ2) is 3.82. The van der Waals surface area contributed by atoms with Gasteiger partial charge < -0.3 is 5.73 Å². The molecule has 3 fully saturated rings. The van der Waals surface area contributed by atoms with E-state index in [2.05, 4.69) is 11.3 Å². The van der Waals surface area contributed by atoms with Gasteiger partial charge in [0.05, 0.1) is 4.75 Å². The molecule has 2 unspecified atom stereocenters. The zero-order valence-corrected chi connectivity index (χ0v) is 11.7. The molecule has 3 rings (SSSR count). The van der Waals surface area contributed by atoms with E-state index < -0.39 is 26.2 Å². The number of nitrogens with one attached hydrogen (secondary N) is 1. The molecule has 0 radical (unpaired) electrons. The predicted molar refractivity (Wildman–Crippen MR) is 71.6 cm³/mol. The van der Waals surface area contributed by atoms with E-state index in [1.165, 1.54) is 0 Å². The van der Waals surface area contributed by atoms with Crippen LogP contribution in [0.5, 0.6) is 0 Å². The second-order valence-electron chi connectivity index (χ2n) is 6.35. The van der Waals surface area contributed by atoms with E-state index in [9.17, 15) is 13.2 Å². The van der Waals surface area contributed by atoms with Crippen LogP contribution in [0.1, 0.15) is 38.5 Å². The molecule has 3 saturated carbocycles. The lowest BCUT2D eigenvalue weighted by atomic mass is 10.2. The molecule has 3 aliphatic carbocycles. The van der Waals surface area contributed by atoms with Gasteiger partial charge in [-0.15, -0.1) is 6.58 Å². The number of hydrogen-bond donors (Lipinski definition) is 2. The Hall–Kier alpha value is -0.880. The first-order valence-corrected chi connectivity index (χ1v) is 8.30. The summed E-state index contributed by atoms with van der Waals surface area (Å²) in [7, 11) is -3.59. The van der Waals surface area contributed by atoms with Gasteiger partial charge in [0, 0.05) is 5.92 Å². The van der Waals surface area contributed by atoms with Crippen molar-refractivity contribution in [3.63, 3.8) is 0 Å². The van der Waals surface area contributed by atoms with Gasteiger partial charge in [0.25, 0.3) is 5.91 Å². The minimum absolute atomic E-state index is 0.110. The predicted octanol–water partition coefficient (Wildman–Crippen LogP) is 0.668. The second-order valence-corrected chi connectivity index (χ2v) is 8.43. The number of carbonyl (C=O) groups excluding carboxylic acids is 1. The lowest BCUT2D eigenvalue weighted by molar-refractivity contribution is -0.121. The molecule has 0 aromatic carbocycles. The molecule has 0 bridgehead atoms. The van der Waals surface area contributed by atoms with Crippen LogP contribution >= 0.6 is 0 Å². The van der Waals surface area contributed by atoms with Gasteiger partial charge in [-0.05, 0) is 31.6 Å². The molecular formula is C13H20N2O3S. The van der Waals surface area contributed by atoms with Crippen LogP contribution in [0.2, 0.25) is 0 Å². The topological polar surface area (TPSA) is 89.3 Å². The first kappa shape index (κ1) is 13.1. The molecule has 0 saturated heterocycles. The minimum Gasteiger partial charge on any atom is -0.317 e. The Kier molecular flexibility index (Phi) is 2.64. The van der Waals surface area contributed by atoms with Crippen molar-refractivity contribution in [2.45, 2.75) is 48.8 Å². The van der Waals surface area contributed by atoms with E-state index >= 15 is 0 Å². The van der Waals surface area contributed by atoms with Gasteiger partial charge in [-0.2, -0.15) is 0 Å². The van der Waals surface area contributed by atoms with Crippen LogP contribution in [-0.4, -0.2) is 24.6 Å². The van der Waals surface area contributed by atoms with E-state index in [0.29, 0.717) is 31.6 Å². The average Bonchev–Trinajstić information content (AvgIpc) is 3.16. The first-order chi connectivity index (χ1) is 8.83. The Morgan fingerprint density at radius 2 is 2.05 bits per heavy atom. The van der Waals surface area contributed by atoms with Crippen molar-refractivity contribution >= 4 is 15.9 Å². The fraction of sp³-hybridized carbons (Fsp3) is 0.769. The van der Waals surface area contributed by atoms with Crippen LogP contribution in [0.4, 0.5) is 0 Å². The molecule has 19 heavy (non-hydrogen) atoms. The molecule has 3 N–H and O–H groups in total. The van der Waals surface area contributed by atoms with E-state index in [4.69, 9.17) is 5.73 Å². The zero-order chi connectivity index (χ0) is 13.9. The number of rotatable bonds is 6. The van der Waals surface area contributed by atoms with Gasteiger partial charge >= 0.3 is 0 Å². The first-order valence-electron chi connectivity index (χ1n) is 6.81. The van der Waals surface area contributed by atoms with E-state index in [1.807, 2.05) is 0 Å². The van der Waals surface area contributed by atoms with E-state index in [1.54, 1.807) is 6.08 Å². The van der Waals surface area contributed by atoms with Crippen molar-refractivity contribution in [3.8, 4) is 0 Å². The maximum Gasteiger partial charge on any atom is 0.254 e. The summed E-state index contributed by atoms with van der Waals surface area (Å²) in [4.78, 5) is 12.0. The van der Waals surface area contributed by atoms with Gasteiger partial charge in [-0.3, -0.25) is 9.52 Å². The smallest absolute Gasteiger partial charge is 0.254 e. The maximum absolute atomic E-state index is 12.3. The Morgan fingerprint density at radius 1 is 1.42 bits per heavy atom. The average molecular weight is 284 g/mol. The van der Waals surface area contributed by atoms with Gasteiger partial charge in [-0.25, -0.2) is 8.42 Å². The highest BCUT2D eigenvalue weighted by molar-refractivity contribution is 7.91. The fourth-order valence-electron chi connectivity index (χ4n) is 2.76. The summed E-state index contributed by atoms with van der Waals surface area (Å²) >= 11 is 0. The number of nitrogens with two attached hydrogens (primary N) is 1. The summed E-state index contributed by atoms with van der Waals surface area (Å²) in [6, 6.07) is 0. The highest BCUT2D eigenvalue weighted by Crippen LogP contribution is 2.53. The van der Waals surface area contributed by atoms with Crippen molar-refractivity contribution in [2.24, 2.45) is 17.6 Å². The molecule has 3 aliphatic rings. The summed E-state index contributed by atoms with van der Waals surface area (Å²) in [5.41, 5.74) is 4.82. The molecule has 0 spiro atoms. The summed E-state index contributed by atoms with van der Waals surface area (Å²) < 4.78 is 26.2. The summed E-state index contributed by atoms with van der Waals surface area (Å²) in [5, 5.41) is 0. The largest absolute Gasteiger partial charge is 0.317 e. The third kappa shape index (κ3) is 2.10. The summed E-state index contributed by atoms with van der Waals surface area (Å²) in [6.45, 7) is 3.60. The molecule has 1 amide bonds. The Labute approximate surface area is 113 Å².